The van der Waals surface area contributed by atoms with Gasteiger partial charge in [0.25, 0.3) is 0 Å². The Labute approximate surface area is 102 Å². The van der Waals surface area contributed by atoms with Crippen LogP contribution in [-0.4, -0.2) is 10.9 Å². The largest absolute Gasteiger partial charge is 0.411 e. The van der Waals surface area contributed by atoms with Gasteiger partial charge in [-0.05, 0) is 36.7 Å². The Morgan fingerprint density at radius 3 is 2.29 bits per heavy atom. The number of oxime groups is 1. The van der Waals surface area contributed by atoms with Crippen molar-refractivity contribution in [3.8, 4) is 0 Å². The van der Waals surface area contributed by atoms with Gasteiger partial charge in [0.05, 0.1) is 5.71 Å². The van der Waals surface area contributed by atoms with Crippen LogP contribution in [0.1, 0.15) is 37.7 Å². The summed E-state index contributed by atoms with van der Waals surface area (Å²) < 4.78 is 0. The van der Waals surface area contributed by atoms with Crippen molar-refractivity contribution in [2.24, 2.45) is 22.9 Å². The number of hydrogen-bond acceptors (Lipinski definition) is 2. The molecule has 0 aliphatic heterocycles. The van der Waals surface area contributed by atoms with E-state index in [0.717, 1.165) is 23.1 Å². The summed E-state index contributed by atoms with van der Waals surface area (Å²) in [7, 11) is 0. The van der Waals surface area contributed by atoms with E-state index >= 15 is 0 Å². The van der Waals surface area contributed by atoms with Crippen molar-refractivity contribution in [1.29, 1.82) is 0 Å². The SMILES string of the molecule is ON=C(c1ccccc1)[C@H]1CC2CCC1CC2. The summed E-state index contributed by atoms with van der Waals surface area (Å²) in [5, 5.41) is 13.0. The summed E-state index contributed by atoms with van der Waals surface area (Å²) >= 11 is 0. The Kier molecular flexibility index (Phi) is 2.87. The predicted molar refractivity (Wildman–Crippen MR) is 68.3 cm³/mol. The minimum Gasteiger partial charge on any atom is -0.411 e. The maximum atomic E-state index is 9.35. The first-order valence-electron chi connectivity index (χ1n) is 6.66. The highest BCUT2D eigenvalue weighted by Gasteiger charge is 2.38. The molecule has 0 heterocycles. The fraction of sp³-hybridized carbons (Fsp3) is 0.533. The number of hydrogen-bond donors (Lipinski definition) is 1. The molecule has 2 bridgehead atoms. The molecule has 1 N–H and O–H groups in total. The van der Waals surface area contributed by atoms with E-state index < -0.39 is 0 Å². The summed E-state index contributed by atoms with van der Waals surface area (Å²) in [4.78, 5) is 0. The first-order valence-corrected chi connectivity index (χ1v) is 6.66. The molecule has 0 saturated heterocycles. The fourth-order valence-electron chi connectivity index (χ4n) is 3.67. The van der Waals surface area contributed by atoms with Crippen LogP contribution in [0.15, 0.2) is 35.5 Å². The first kappa shape index (κ1) is 10.8. The zero-order valence-electron chi connectivity index (χ0n) is 10.0. The summed E-state index contributed by atoms with van der Waals surface area (Å²) in [5.74, 6) is 2.09. The molecule has 0 amide bonds. The molecule has 2 heteroatoms. The quantitative estimate of drug-likeness (QED) is 0.468. The number of rotatable bonds is 2. The third-order valence-electron chi connectivity index (χ3n) is 4.58. The van der Waals surface area contributed by atoms with E-state index in [2.05, 4.69) is 17.3 Å². The number of fused-ring (bicyclic) bond motifs is 3. The van der Waals surface area contributed by atoms with Gasteiger partial charge in [0.1, 0.15) is 0 Å². The monoisotopic (exact) mass is 229 g/mol. The second-order valence-electron chi connectivity index (χ2n) is 5.47. The Balaban J connectivity index is 1.87. The predicted octanol–water partition coefficient (Wildman–Crippen LogP) is 3.69. The van der Waals surface area contributed by atoms with Crippen LogP contribution in [-0.2, 0) is 0 Å². The van der Waals surface area contributed by atoms with Gasteiger partial charge in [0.15, 0.2) is 0 Å². The summed E-state index contributed by atoms with van der Waals surface area (Å²) in [6.45, 7) is 0. The highest BCUT2D eigenvalue weighted by molar-refractivity contribution is 6.02. The summed E-state index contributed by atoms with van der Waals surface area (Å²) in [6, 6.07) is 10.1. The number of benzene rings is 1. The van der Waals surface area contributed by atoms with Gasteiger partial charge in [-0.15, -0.1) is 0 Å². The molecule has 3 fully saturated rings. The van der Waals surface area contributed by atoms with Crippen LogP contribution >= 0.6 is 0 Å². The molecule has 0 radical (unpaired) electrons. The lowest BCUT2D eigenvalue weighted by Gasteiger charge is -2.42. The second-order valence-corrected chi connectivity index (χ2v) is 5.47. The van der Waals surface area contributed by atoms with E-state index in [9.17, 15) is 5.21 Å². The first-order chi connectivity index (χ1) is 8.38. The molecular formula is C15H19NO. The zero-order valence-corrected chi connectivity index (χ0v) is 10.0. The Morgan fingerprint density at radius 2 is 1.76 bits per heavy atom. The van der Waals surface area contributed by atoms with Crippen LogP contribution in [0.5, 0.6) is 0 Å². The maximum Gasteiger partial charge on any atom is 0.0901 e. The molecule has 3 aliphatic carbocycles. The average Bonchev–Trinajstić information content (AvgIpc) is 2.42. The van der Waals surface area contributed by atoms with Gasteiger partial charge in [-0.3, -0.25) is 0 Å². The standard InChI is InChI=1S/C15H19NO/c17-16-15(13-4-2-1-3-5-13)14-10-11-6-8-12(14)9-7-11/h1-5,11-12,14,17H,6-10H2/t11?,12?,14-/m0/s1. The maximum absolute atomic E-state index is 9.35. The van der Waals surface area contributed by atoms with E-state index in [1.807, 2.05) is 18.2 Å². The third-order valence-corrected chi connectivity index (χ3v) is 4.58. The van der Waals surface area contributed by atoms with Gasteiger partial charge in [0, 0.05) is 5.92 Å². The molecule has 3 aliphatic rings. The van der Waals surface area contributed by atoms with Crippen LogP contribution < -0.4 is 0 Å². The van der Waals surface area contributed by atoms with Crippen molar-refractivity contribution in [2.75, 3.05) is 0 Å². The van der Waals surface area contributed by atoms with Gasteiger partial charge in [-0.1, -0.05) is 48.3 Å². The zero-order chi connectivity index (χ0) is 11.7. The third kappa shape index (κ3) is 1.97. The van der Waals surface area contributed by atoms with Crippen LogP contribution in [0.25, 0.3) is 0 Å². The van der Waals surface area contributed by atoms with Gasteiger partial charge >= 0.3 is 0 Å². The smallest absolute Gasteiger partial charge is 0.0901 e. The van der Waals surface area contributed by atoms with E-state index in [0.29, 0.717) is 5.92 Å². The molecule has 2 nitrogen and oxygen atoms in total. The molecular weight excluding hydrogens is 210 g/mol. The average molecular weight is 229 g/mol. The van der Waals surface area contributed by atoms with E-state index in [1.54, 1.807) is 0 Å². The van der Waals surface area contributed by atoms with Crippen molar-refractivity contribution in [1.82, 2.24) is 0 Å². The van der Waals surface area contributed by atoms with Crippen molar-refractivity contribution in [2.45, 2.75) is 32.1 Å². The van der Waals surface area contributed by atoms with Crippen molar-refractivity contribution in [3.05, 3.63) is 35.9 Å². The van der Waals surface area contributed by atoms with Gasteiger partial charge in [-0.25, -0.2) is 0 Å². The van der Waals surface area contributed by atoms with Crippen molar-refractivity contribution in [3.63, 3.8) is 0 Å². The molecule has 1 atom stereocenters. The Hall–Kier alpha value is -1.31. The van der Waals surface area contributed by atoms with Crippen LogP contribution in [0.4, 0.5) is 0 Å². The molecule has 0 aromatic heterocycles. The lowest BCUT2D eigenvalue weighted by Crippen LogP contribution is -2.36. The van der Waals surface area contributed by atoms with E-state index in [4.69, 9.17) is 0 Å². The topological polar surface area (TPSA) is 32.6 Å². The van der Waals surface area contributed by atoms with E-state index in [-0.39, 0.29) is 0 Å². The van der Waals surface area contributed by atoms with Gasteiger partial charge in [-0.2, -0.15) is 0 Å². The molecule has 0 unspecified atom stereocenters. The fourth-order valence-corrected chi connectivity index (χ4v) is 3.67. The summed E-state index contributed by atoms with van der Waals surface area (Å²) in [6.07, 6.45) is 6.63. The molecule has 4 rings (SSSR count). The van der Waals surface area contributed by atoms with Gasteiger partial charge < -0.3 is 5.21 Å². The molecule has 1 aromatic carbocycles. The molecule has 90 valence electrons. The van der Waals surface area contributed by atoms with Crippen LogP contribution in [0, 0.1) is 17.8 Å². The number of nitrogens with zero attached hydrogens (tertiary/aromatic N) is 1. The minimum atomic E-state index is 0.481. The van der Waals surface area contributed by atoms with Crippen LogP contribution in [0.2, 0.25) is 0 Å². The summed E-state index contributed by atoms with van der Waals surface area (Å²) in [5.41, 5.74) is 2.01. The minimum absolute atomic E-state index is 0.481. The Bertz CT molecular complexity index is 404. The Morgan fingerprint density at radius 1 is 1.06 bits per heavy atom. The van der Waals surface area contributed by atoms with Crippen molar-refractivity contribution < 1.29 is 5.21 Å². The highest BCUT2D eigenvalue weighted by atomic mass is 16.4. The van der Waals surface area contributed by atoms with Gasteiger partial charge in [0.2, 0.25) is 0 Å². The lowest BCUT2D eigenvalue weighted by atomic mass is 9.62. The molecule has 0 spiro atoms. The normalized spacial score (nSPS) is 32.7. The second kappa shape index (κ2) is 4.52. The lowest BCUT2D eigenvalue weighted by molar-refractivity contribution is 0.136. The highest BCUT2D eigenvalue weighted by Crippen LogP contribution is 2.46. The molecule has 17 heavy (non-hydrogen) atoms. The van der Waals surface area contributed by atoms with E-state index in [1.165, 1.54) is 32.1 Å². The molecule has 1 aromatic rings. The van der Waals surface area contributed by atoms with Crippen LogP contribution in [0.3, 0.4) is 0 Å². The molecule has 3 saturated carbocycles. The van der Waals surface area contributed by atoms with Crippen molar-refractivity contribution >= 4 is 5.71 Å².